The number of nitro groups is 1. The molecule has 0 atom stereocenters. The van der Waals surface area contributed by atoms with E-state index in [2.05, 4.69) is 4.98 Å². The molecule has 19 heavy (non-hydrogen) atoms. The molecule has 0 saturated carbocycles. The summed E-state index contributed by atoms with van der Waals surface area (Å²) in [6.45, 7) is 3.23. The minimum absolute atomic E-state index is 0.134. The first kappa shape index (κ1) is 12.9. The van der Waals surface area contributed by atoms with Crippen molar-refractivity contribution in [1.82, 2.24) is 4.98 Å². The number of aryl methyl sites for hydroxylation is 2. The van der Waals surface area contributed by atoms with Crippen LogP contribution in [0.25, 0.3) is 0 Å². The Labute approximate surface area is 110 Å². The molecule has 0 saturated heterocycles. The monoisotopic (exact) mass is 256 g/mol. The van der Waals surface area contributed by atoms with Crippen molar-refractivity contribution in [3.8, 4) is 0 Å². The maximum absolute atomic E-state index is 12.3. The Balaban J connectivity index is 2.54. The molecule has 2 rings (SSSR count). The van der Waals surface area contributed by atoms with E-state index < -0.39 is 4.92 Å². The maximum atomic E-state index is 12.3. The molecule has 2 aromatic rings. The molecule has 0 amide bonds. The number of pyridine rings is 1. The summed E-state index contributed by atoms with van der Waals surface area (Å²) >= 11 is 0. The predicted octanol–water partition coefficient (Wildman–Crippen LogP) is 2.84. The zero-order chi connectivity index (χ0) is 14.0. The van der Waals surface area contributed by atoms with E-state index >= 15 is 0 Å². The fourth-order valence-corrected chi connectivity index (χ4v) is 1.87. The molecule has 0 aliphatic carbocycles. The van der Waals surface area contributed by atoms with Gasteiger partial charge in [0.25, 0.3) is 5.69 Å². The molecular weight excluding hydrogens is 244 g/mol. The molecule has 0 aliphatic heterocycles. The van der Waals surface area contributed by atoms with E-state index in [-0.39, 0.29) is 17.0 Å². The summed E-state index contributed by atoms with van der Waals surface area (Å²) in [5.74, 6) is -0.256. The fourth-order valence-electron chi connectivity index (χ4n) is 1.87. The second kappa shape index (κ2) is 4.97. The van der Waals surface area contributed by atoms with Crippen LogP contribution in [0.5, 0.6) is 0 Å². The van der Waals surface area contributed by atoms with Gasteiger partial charge in [0.2, 0.25) is 0 Å². The number of aromatic nitrogens is 1. The predicted molar refractivity (Wildman–Crippen MR) is 70.2 cm³/mol. The molecule has 1 aromatic heterocycles. The van der Waals surface area contributed by atoms with E-state index in [1.807, 2.05) is 0 Å². The minimum atomic E-state index is -0.524. The Bertz CT molecular complexity index is 651. The molecule has 1 heterocycles. The number of nitrogens with zero attached hydrogens (tertiary/aromatic N) is 2. The molecule has 0 unspecified atom stereocenters. The summed E-state index contributed by atoms with van der Waals surface area (Å²) in [6, 6.07) is 9.95. The summed E-state index contributed by atoms with van der Waals surface area (Å²) in [5, 5.41) is 10.9. The van der Waals surface area contributed by atoms with Gasteiger partial charge in [0.1, 0.15) is 5.69 Å². The normalized spacial score (nSPS) is 10.2. The van der Waals surface area contributed by atoms with Gasteiger partial charge in [-0.3, -0.25) is 19.9 Å². The smallest absolute Gasteiger partial charge is 0.289 e. The van der Waals surface area contributed by atoms with Gasteiger partial charge in [-0.05, 0) is 13.8 Å². The quantitative estimate of drug-likeness (QED) is 0.481. The number of benzene rings is 1. The number of carbonyl (C=O) groups is 1. The van der Waals surface area contributed by atoms with E-state index in [0.29, 0.717) is 17.0 Å². The highest BCUT2D eigenvalue weighted by atomic mass is 16.6. The lowest BCUT2D eigenvalue weighted by Crippen LogP contribution is -2.07. The van der Waals surface area contributed by atoms with Gasteiger partial charge in [0, 0.05) is 17.3 Å². The summed E-state index contributed by atoms with van der Waals surface area (Å²) < 4.78 is 0. The molecule has 1 aromatic carbocycles. The van der Waals surface area contributed by atoms with Crippen LogP contribution in [0.4, 0.5) is 5.69 Å². The Morgan fingerprint density at radius 1 is 1.16 bits per heavy atom. The van der Waals surface area contributed by atoms with Crippen LogP contribution in [-0.4, -0.2) is 15.7 Å². The van der Waals surface area contributed by atoms with Crippen LogP contribution in [-0.2, 0) is 0 Å². The number of carbonyl (C=O) groups excluding carboxylic acids is 1. The van der Waals surface area contributed by atoms with Crippen molar-refractivity contribution in [2.24, 2.45) is 0 Å². The van der Waals surface area contributed by atoms with Crippen molar-refractivity contribution >= 4 is 11.5 Å². The van der Waals surface area contributed by atoms with Gasteiger partial charge in [-0.25, -0.2) is 0 Å². The standard InChI is InChI=1S/C14H12N2O3/c1-9-12(8-13(16(18)19)10(2)15-9)14(17)11-6-4-3-5-7-11/h3-8H,1-2H3. The lowest BCUT2D eigenvalue weighted by molar-refractivity contribution is -0.385. The van der Waals surface area contributed by atoms with Crippen molar-refractivity contribution in [1.29, 1.82) is 0 Å². The maximum Gasteiger partial charge on any atom is 0.291 e. The van der Waals surface area contributed by atoms with Gasteiger partial charge < -0.3 is 0 Å². The third-order valence-corrected chi connectivity index (χ3v) is 2.85. The Morgan fingerprint density at radius 2 is 1.79 bits per heavy atom. The molecule has 5 heteroatoms. The van der Waals surface area contributed by atoms with Gasteiger partial charge in [0.15, 0.2) is 5.78 Å². The number of hydrogen-bond donors (Lipinski definition) is 0. The largest absolute Gasteiger partial charge is 0.291 e. The topological polar surface area (TPSA) is 73.1 Å². The molecule has 0 fully saturated rings. The van der Waals surface area contributed by atoms with Crippen molar-refractivity contribution in [3.05, 3.63) is 69.0 Å². The second-order valence-corrected chi connectivity index (χ2v) is 4.18. The average molecular weight is 256 g/mol. The van der Waals surface area contributed by atoms with E-state index in [1.54, 1.807) is 44.2 Å². The number of ketones is 1. The summed E-state index contributed by atoms with van der Waals surface area (Å²) in [4.78, 5) is 26.7. The lowest BCUT2D eigenvalue weighted by atomic mass is 10.0. The zero-order valence-corrected chi connectivity index (χ0v) is 10.6. The average Bonchev–Trinajstić information content (AvgIpc) is 2.38. The van der Waals surface area contributed by atoms with Crippen LogP contribution in [0.15, 0.2) is 36.4 Å². The van der Waals surface area contributed by atoms with Crippen LogP contribution in [0, 0.1) is 24.0 Å². The van der Waals surface area contributed by atoms with Crippen molar-refractivity contribution < 1.29 is 9.72 Å². The van der Waals surface area contributed by atoms with Gasteiger partial charge in [-0.15, -0.1) is 0 Å². The minimum Gasteiger partial charge on any atom is -0.289 e. The first-order valence-corrected chi connectivity index (χ1v) is 5.73. The SMILES string of the molecule is Cc1nc(C)c([N+](=O)[O-])cc1C(=O)c1ccccc1. The van der Waals surface area contributed by atoms with E-state index in [4.69, 9.17) is 0 Å². The fraction of sp³-hybridized carbons (Fsp3) is 0.143. The summed E-state index contributed by atoms with van der Waals surface area (Å²) in [5.41, 5.74) is 1.43. The molecule has 0 bridgehead atoms. The summed E-state index contributed by atoms with van der Waals surface area (Å²) in [6.07, 6.45) is 0. The van der Waals surface area contributed by atoms with Gasteiger partial charge in [-0.1, -0.05) is 30.3 Å². The Morgan fingerprint density at radius 3 is 2.37 bits per heavy atom. The van der Waals surface area contributed by atoms with Gasteiger partial charge in [0.05, 0.1) is 10.5 Å². The van der Waals surface area contributed by atoms with Gasteiger partial charge in [-0.2, -0.15) is 0 Å². The highest BCUT2D eigenvalue weighted by Crippen LogP contribution is 2.21. The second-order valence-electron chi connectivity index (χ2n) is 4.18. The van der Waals surface area contributed by atoms with Crippen molar-refractivity contribution in [2.45, 2.75) is 13.8 Å². The van der Waals surface area contributed by atoms with Crippen molar-refractivity contribution in [2.75, 3.05) is 0 Å². The lowest BCUT2D eigenvalue weighted by Gasteiger charge is -2.06. The van der Waals surface area contributed by atoms with E-state index in [0.717, 1.165) is 0 Å². The highest BCUT2D eigenvalue weighted by Gasteiger charge is 2.20. The number of rotatable bonds is 3. The third-order valence-electron chi connectivity index (χ3n) is 2.85. The number of hydrogen-bond acceptors (Lipinski definition) is 4. The molecular formula is C14H12N2O3. The van der Waals surface area contributed by atoms with Crippen LogP contribution >= 0.6 is 0 Å². The molecule has 0 aliphatic rings. The first-order chi connectivity index (χ1) is 9.00. The van der Waals surface area contributed by atoms with E-state index in [1.165, 1.54) is 6.07 Å². The van der Waals surface area contributed by atoms with E-state index in [9.17, 15) is 14.9 Å². The molecule has 96 valence electrons. The van der Waals surface area contributed by atoms with Crippen LogP contribution < -0.4 is 0 Å². The van der Waals surface area contributed by atoms with Crippen LogP contribution in [0.2, 0.25) is 0 Å². The molecule has 0 N–H and O–H groups in total. The van der Waals surface area contributed by atoms with Gasteiger partial charge >= 0.3 is 0 Å². The molecule has 0 spiro atoms. The van der Waals surface area contributed by atoms with Crippen LogP contribution in [0.1, 0.15) is 27.3 Å². The van der Waals surface area contributed by atoms with Crippen molar-refractivity contribution in [3.63, 3.8) is 0 Å². The third kappa shape index (κ3) is 2.49. The zero-order valence-electron chi connectivity index (χ0n) is 10.6. The Hall–Kier alpha value is -2.56. The molecule has 0 radical (unpaired) electrons. The summed E-state index contributed by atoms with van der Waals surface area (Å²) in [7, 11) is 0. The van der Waals surface area contributed by atoms with Crippen LogP contribution in [0.3, 0.4) is 0 Å². The molecule has 5 nitrogen and oxygen atoms in total. The first-order valence-electron chi connectivity index (χ1n) is 5.73. The highest BCUT2D eigenvalue weighted by molar-refractivity contribution is 6.09. The Kier molecular flexibility index (Phi) is 3.37.